The fourth-order valence-corrected chi connectivity index (χ4v) is 4.86. The second kappa shape index (κ2) is 6.59. The smallest absolute Gasteiger partial charge is 0.243 e. The minimum absolute atomic E-state index is 0.0758. The molecule has 2 fully saturated rings. The fourth-order valence-electron chi connectivity index (χ4n) is 3.39. The summed E-state index contributed by atoms with van der Waals surface area (Å²) in [7, 11) is -3.53. The van der Waals surface area contributed by atoms with Crippen LogP contribution < -0.4 is 0 Å². The Balaban J connectivity index is 1.43. The SMILES string of the molecule is CC(=O)c1ccc(S(=O)(=O)N2CCC(n3cc(C4CC4)nn3)CC2)cc1. The quantitative estimate of drug-likeness (QED) is 0.750. The van der Waals surface area contributed by atoms with E-state index < -0.39 is 10.0 Å². The van der Waals surface area contributed by atoms with Crippen molar-refractivity contribution < 1.29 is 13.2 Å². The fraction of sp³-hybridized carbons (Fsp3) is 0.500. The van der Waals surface area contributed by atoms with Gasteiger partial charge >= 0.3 is 0 Å². The van der Waals surface area contributed by atoms with Gasteiger partial charge in [0.1, 0.15) is 0 Å². The van der Waals surface area contributed by atoms with Crippen molar-refractivity contribution in [1.29, 1.82) is 0 Å². The molecular formula is C18H22N4O3S. The number of carbonyl (C=O) groups excluding carboxylic acids is 1. The summed E-state index contributed by atoms with van der Waals surface area (Å²) < 4.78 is 29.1. The van der Waals surface area contributed by atoms with E-state index in [4.69, 9.17) is 0 Å². The predicted molar refractivity (Wildman–Crippen MR) is 95.5 cm³/mol. The predicted octanol–water partition coefficient (Wildman–Crippen LogP) is 2.38. The standard InChI is InChI=1S/C18H22N4O3S/c1-13(23)14-4-6-17(7-5-14)26(24,25)21-10-8-16(9-11-21)22-12-18(19-20-22)15-2-3-15/h4-7,12,15-16H,2-3,8-11H2,1H3. The van der Waals surface area contributed by atoms with Gasteiger partial charge in [0.05, 0.1) is 16.6 Å². The van der Waals surface area contributed by atoms with Gasteiger partial charge in [-0.15, -0.1) is 5.10 Å². The van der Waals surface area contributed by atoms with Crippen LogP contribution >= 0.6 is 0 Å². The second-order valence-corrected chi connectivity index (χ2v) is 9.05. The third-order valence-electron chi connectivity index (χ3n) is 5.22. The van der Waals surface area contributed by atoms with E-state index in [1.807, 2.05) is 10.9 Å². The monoisotopic (exact) mass is 374 g/mol. The van der Waals surface area contributed by atoms with E-state index in [0.717, 1.165) is 18.5 Å². The highest BCUT2D eigenvalue weighted by Crippen LogP contribution is 2.39. The highest BCUT2D eigenvalue weighted by atomic mass is 32.2. The van der Waals surface area contributed by atoms with Crippen molar-refractivity contribution in [3.63, 3.8) is 0 Å². The van der Waals surface area contributed by atoms with Gasteiger partial charge in [0, 0.05) is 30.8 Å². The summed E-state index contributed by atoms with van der Waals surface area (Å²) in [5.74, 6) is 0.496. The van der Waals surface area contributed by atoms with Crippen molar-refractivity contribution in [2.45, 2.75) is 49.5 Å². The van der Waals surface area contributed by atoms with E-state index >= 15 is 0 Å². The molecule has 138 valence electrons. The second-order valence-electron chi connectivity index (χ2n) is 7.11. The Labute approximate surface area is 153 Å². The average Bonchev–Trinajstić information content (AvgIpc) is 3.39. The molecule has 0 amide bonds. The van der Waals surface area contributed by atoms with Crippen molar-refractivity contribution in [1.82, 2.24) is 19.3 Å². The normalized spacial score (nSPS) is 19.6. The van der Waals surface area contributed by atoms with Crippen LogP contribution in [0.25, 0.3) is 0 Å². The molecule has 0 N–H and O–H groups in total. The summed E-state index contributed by atoms with van der Waals surface area (Å²) in [6.07, 6.45) is 5.85. The molecule has 2 aliphatic rings. The topological polar surface area (TPSA) is 85.2 Å². The summed E-state index contributed by atoms with van der Waals surface area (Å²) >= 11 is 0. The number of hydrogen-bond donors (Lipinski definition) is 0. The van der Waals surface area contributed by atoms with Crippen LogP contribution in [0, 0.1) is 0 Å². The number of piperidine rings is 1. The summed E-state index contributed by atoms with van der Waals surface area (Å²) in [6.45, 7) is 2.38. The Morgan fingerprint density at radius 1 is 1.08 bits per heavy atom. The van der Waals surface area contributed by atoms with E-state index in [1.165, 1.54) is 36.2 Å². The number of sulfonamides is 1. The van der Waals surface area contributed by atoms with Crippen molar-refractivity contribution >= 4 is 15.8 Å². The Bertz CT molecular complexity index is 908. The van der Waals surface area contributed by atoms with Gasteiger partial charge in [-0.1, -0.05) is 17.3 Å². The van der Waals surface area contributed by atoms with Gasteiger partial charge in [-0.05, 0) is 44.7 Å². The minimum Gasteiger partial charge on any atom is -0.295 e. The molecule has 2 heterocycles. The summed E-state index contributed by atoms with van der Waals surface area (Å²) in [4.78, 5) is 11.6. The van der Waals surface area contributed by atoms with Crippen LogP contribution in [0.1, 0.15) is 60.6 Å². The van der Waals surface area contributed by atoms with Crippen LogP contribution in [0.3, 0.4) is 0 Å². The third kappa shape index (κ3) is 3.31. The Morgan fingerprint density at radius 3 is 2.31 bits per heavy atom. The number of hydrogen-bond acceptors (Lipinski definition) is 5. The van der Waals surface area contributed by atoms with Gasteiger partial charge in [-0.2, -0.15) is 4.31 Å². The lowest BCUT2D eigenvalue weighted by atomic mass is 10.1. The lowest BCUT2D eigenvalue weighted by Crippen LogP contribution is -2.39. The third-order valence-corrected chi connectivity index (χ3v) is 7.13. The van der Waals surface area contributed by atoms with E-state index in [2.05, 4.69) is 10.3 Å². The average molecular weight is 374 g/mol. The highest BCUT2D eigenvalue weighted by molar-refractivity contribution is 7.89. The molecule has 0 atom stereocenters. The molecule has 4 rings (SSSR count). The molecule has 2 aromatic rings. The first-order chi connectivity index (χ1) is 12.4. The van der Waals surface area contributed by atoms with E-state index in [-0.39, 0.29) is 16.7 Å². The molecule has 7 nitrogen and oxygen atoms in total. The molecule has 26 heavy (non-hydrogen) atoms. The number of nitrogens with zero attached hydrogens (tertiary/aromatic N) is 4. The van der Waals surface area contributed by atoms with Crippen molar-refractivity contribution in [2.24, 2.45) is 0 Å². The number of carbonyl (C=O) groups is 1. The maximum atomic E-state index is 12.8. The summed E-state index contributed by atoms with van der Waals surface area (Å²) in [6, 6.07) is 6.35. The molecule has 1 aliphatic heterocycles. The van der Waals surface area contributed by atoms with Crippen LogP contribution in [-0.2, 0) is 10.0 Å². The van der Waals surface area contributed by atoms with Crippen LogP contribution in [-0.4, -0.2) is 46.6 Å². The number of rotatable bonds is 5. The molecule has 8 heteroatoms. The zero-order valence-corrected chi connectivity index (χ0v) is 15.5. The zero-order chi connectivity index (χ0) is 18.3. The van der Waals surface area contributed by atoms with Crippen molar-refractivity contribution in [2.75, 3.05) is 13.1 Å². The lowest BCUT2D eigenvalue weighted by molar-refractivity contribution is 0.101. The molecule has 1 aliphatic carbocycles. The van der Waals surface area contributed by atoms with Crippen molar-refractivity contribution in [3.05, 3.63) is 41.7 Å². The van der Waals surface area contributed by atoms with E-state index in [0.29, 0.717) is 24.6 Å². The lowest BCUT2D eigenvalue weighted by Gasteiger charge is -2.31. The first kappa shape index (κ1) is 17.4. The molecule has 0 bridgehead atoms. The molecule has 0 unspecified atom stereocenters. The Hall–Kier alpha value is -2.06. The van der Waals surface area contributed by atoms with E-state index in [1.54, 1.807) is 12.1 Å². The molecular weight excluding hydrogens is 352 g/mol. The number of Topliss-reactive ketones (excluding diaryl/α,β-unsaturated/α-hetero) is 1. The largest absolute Gasteiger partial charge is 0.295 e. The number of aromatic nitrogens is 3. The maximum Gasteiger partial charge on any atom is 0.243 e. The minimum atomic E-state index is -3.53. The number of benzene rings is 1. The van der Waals surface area contributed by atoms with Gasteiger partial charge in [0.15, 0.2) is 5.78 Å². The molecule has 1 aromatic heterocycles. The van der Waals surface area contributed by atoms with Gasteiger partial charge in [0.25, 0.3) is 0 Å². The molecule has 1 saturated heterocycles. The van der Waals surface area contributed by atoms with Crippen LogP contribution in [0.15, 0.2) is 35.4 Å². The first-order valence-corrected chi connectivity index (χ1v) is 10.4. The first-order valence-electron chi connectivity index (χ1n) is 8.98. The van der Waals surface area contributed by atoms with Gasteiger partial charge < -0.3 is 0 Å². The van der Waals surface area contributed by atoms with Gasteiger partial charge in [-0.25, -0.2) is 13.1 Å². The van der Waals surface area contributed by atoms with Crippen LogP contribution in [0.5, 0.6) is 0 Å². The van der Waals surface area contributed by atoms with Crippen molar-refractivity contribution in [3.8, 4) is 0 Å². The Kier molecular flexibility index (Phi) is 4.40. The maximum absolute atomic E-state index is 12.8. The highest BCUT2D eigenvalue weighted by Gasteiger charge is 2.32. The molecule has 0 radical (unpaired) electrons. The van der Waals surface area contributed by atoms with Crippen LogP contribution in [0.4, 0.5) is 0 Å². The van der Waals surface area contributed by atoms with Crippen LogP contribution in [0.2, 0.25) is 0 Å². The summed E-state index contributed by atoms with van der Waals surface area (Å²) in [5.41, 5.74) is 1.57. The van der Waals surface area contributed by atoms with Gasteiger partial charge in [-0.3, -0.25) is 4.79 Å². The molecule has 1 aromatic carbocycles. The summed E-state index contributed by atoms with van der Waals surface area (Å²) in [5, 5.41) is 8.48. The van der Waals surface area contributed by atoms with Gasteiger partial charge in [0.2, 0.25) is 10.0 Å². The molecule has 0 spiro atoms. The number of ketones is 1. The molecule has 1 saturated carbocycles. The Morgan fingerprint density at radius 2 is 1.73 bits per heavy atom. The van der Waals surface area contributed by atoms with E-state index in [9.17, 15) is 13.2 Å². The zero-order valence-electron chi connectivity index (χ0n) is 14.7.